The number of piperazine rings is 1. The van der Waals surface area contributed by atoms with Crippen molar-refractivity contribution in [3.63, 3.8) is 0 Å². The number of unbranched alkanes of at least 4 members (excludes halogenated alkanes) is 1. The van der Waals surface area contributed by atoms with Crippen LogP contribution >= 0.6 is 11.3 Å². The van der Waals surface area contributed by atoms with E-state index in [1.165, 1.54) is 30.3 Å². The second kappa shape index (κ2) is 6.06. The van der Waals surface area contributed by atoms with E-state index in [4.69, 9.17) is 0 Å². The second-order valence-electron chi connectivity index (χ2n) is 5.48. The van der Waals surface area contributed by atoms with Crippen molar-refractivity contribution in [1.82, 2.24) is 14.9 Å². The Labute approximate surface area is 124 Å². The molecule has 0 atom stereocenters. The van der Waals surface area contributed by atoms with Gasteiger partial charge in [-0.05, 0) is 30.8 Å². The van der Waals surface area contributed by atoms with Crippen molar-refractivity contribution < 1.29 is 0 Å². The lowest BCUT2D eigenvalue weighted by Crippen LogP contribution is -2.47. The Hall–Kier alpha value is -1.20. The minimum Gasteiger partial charge on any atom is -0.353 e. The van der Waals surface area contributed by atoms with Crippen molar-refractivity contribution in [3.8, 4) is 0 Å². The number of aryl methyl sites for hydroxylation is 1. The van der Waals surface area contributed by atoms with Gasteiger partial charge in [0, 0.05) is 26.2 Å². The van der Waals surface area contributed by atoms with E-state index in [0.29, 0.717) is 0 Å². The van der Waals surface area contributed by atoms with Crippen molar-refractivity contribution in [1.29, 1.82) is 0 Å². The Morgan fingerprint density at radius 3 is 2.75 bits per heavy atom. The van der Waals surface area contributed by atoms with Crippen LogP contribution in [0.4, 0.5) is 5.82 Å². The highest BCUT2D eigenvalue weighted by Gasteiger charge is 2.20. The topological polar surface area (TPSA) is 32.3 Å². The molecule has 3 rings (SSSR count). The Morgan fingerprint density at radius 2 is 2.00 bits per heavy atom. The summed E-state index contributed by atoms with van der Waals surface area (Å²) in [4.78, 5) is 15.0. The normalized spacial score (nSPS) is 17.0. The lowest BCUT2D eigenvalue weighted by molar-refractivity contribution is 0.254. The van der Waals surface area contributed by atoms with Gasteiger partial charge in [0.1, 0.15) is 17.0 Å². The van der Waals surface area contributed by atoms with Gasteiger partial charge in [-0.15, -0.1) is 11.3 Å². The Kier molecular flexibility index (Phi) is 4.17. The fraction of sp³-hybridized carbons (Fsp3) is 0.600. The van der Waals surface area contributed by atoms with Gasteiger partial charge in [0.25, 0.3) is 0 Å². The van der Waals surface area contributed by atoms with Crippen LogP contribution in [0, 0.1) is 6.92 Å². The van der Waals surface area contributed by atoms with E-state index in [1.54, 1.807) is 17.7 Å². The fourth-order valence-electron chi connectivity index (χ4n) is 2.80. The molecule has 1 aliphatic heterocycles. The molecule has 1 fully saturated rings. The van der Waals surface area contributed by atoms with Crippen molar-refractivity contribution in [2.24, 2.45) is 0 Å². The number of rotatable bonds is 4. The van der Waals surface area contributed by atoms with E-state index in [0.717, 1.165) is 36.8 Å². The van der Waals surface area contributed by atoms with E-state index < -0.39 is 0 Å². The van der Waals surface area contributed by atoms with Crippen LogP contribution in [0.2, 0.25) is 0 Å². The van der Waals surface area contributed by atoms with Gasteiger partial charge in [0.05, 0.1) is 5.39 Å². The minimum absolute atomic E-state index is 1.07. The predicted octanol–water partition coefficient (Wildman–Crippen LogP) is 2.92. The SMILES string of the molecule is CCCCN1CCN(c2ncnc3scc(C)c23)CC1. The summed E-state index contributed by atoms with van der Waals surface area (Å²) in [5.74, 6) is 1.13. The summed E-state index contributed by atoms with van der Waals surface area (Å²) in [6.45, 7) is 10.1. The maximum absolute atomic E-state index is 4.55. The van der Waals surface area contributed by atoms with Crippen LogP contribution in [-0.4, -0.2) is 47.6 Å². The quantitative estimate of drug-likeness (QED) is 0.866. The maximum Gasteiger partial charge on any atom is 0.141 e. The summed E-state index contributed by atoms with van der Waals surface area (Å²) >= 11 is 1.72. The maximum atomic E-state index is 4.55. The van der Waals surface area contributed by atoms with Crippen molar-refractivity contribution in [3.05, 3.63) is 17.3 Å². The molecule has 5 heteroatoms. The summed E-state index contributed by atoms with van der Waals surface area (Å²) < 4.78 is 0. The van der Waals surface area contributed by atoms with Gasteiger partial charge in [-0.2, -0.15) is 0 Å². The smallest absolute Gasteiger partial charge is 0.141 e. The van der Waals surface area contributed by atoms with Crippen molar-refractivity contribution in [2.45, 2.75) is 26.7 Å². The highest BCUT2D eigenvalue weighted by molar-refractivity contribution is 7.17. The molecule has 3 heterocycles. The summed E-state index contributed by atoms with van der Waals surface area (Å²) in [5, 5.41) is 3.43. The van der Waals surface area contributed by atoms with Gasteiger partial charge < -0.3 is 4.90 Å². The Bertz CT molecular complexity index is 572. The molecule has 1 aliphatic rings. The molecule has 0 N–H and O–H groups in total. The molecule has 2 aromatic rings. The highest BCUT2D eigenvalue weighted by atomic mass is 32.1. The van der Waals surface area contributed by atoms with Gasteiger partial charge in [0.15, 0.2) is 0 Å². The molecule has 0 bridgehead atoms. The van der Waals surface area contributed by atoms with Crippen LogP contribution in [0.3, 0.4) is 0 Å². The number of hydrogen-bond donors (Lipinski definition) is 0. The molecule has 2 aromatic heterocycles. The lowest BCUT2D eigenvalue weighted by atomic mass is 10.2. The average Bonchev–Trinajstić information content (AvgIpc) is 2.87. The largest absolute Gasteiger partial charge is 0.353 e. The molecule has 0 unspecified atom stereocenters. The van der Waals surface area contributed by atoms with Crippen LogP contribution in [0.5, 0.6) is 0 Å². The molecule has 0 spiro atoms. The first-order valence-corrected chi connectivity index (χ1v) is 8.33. The number of aromatic nitrogens is 2. The van der Waals surface area contributed by atoms with Crippen LogP contribution < -0.4 is 4.90 Å². The van der Waals surface area contributed by atoms with Crippen LogP contribution in [-0.2, 0) is 0 Å². The van der Waals surface area contributed by atoms with E-state index >= 15 is 0 Å². The second-order valence-corrected chi connectivity index (χ2v) is 6.34. The van der Waals surface area contributed by atoms with E-state index in [9.17, 15) is 0 Å². The van der Waals surface area contributed by atoms with Crippen molar-refractivity contribution >= 4 is 27.4 Å². The Morgan fingerprint density at radius 1 is 1.20 bits per heavy atom. The number of thiophene rings is 1. The molecule has 0 aromatic carbocycles. The average molecular weight is 290 g/mol. The van der Waals surface area contributed by atoms with E-state index in [2.05, 4.69) is 39.0 Å². The first-order valence-electron chi connectivity index (χ1n) is 7.45. The number of anilines is 1. The third-order valence-electron chi connectivity index (χ3n) is 4.03. The molecule has 0 aliphatic carbocycles. The summed E-state index contributed by atoms with van der Waals surface area (Å²) in [7, 11) is 0. The molecule has 108 valence electrons. The van der Waals surface area contributed by atoms with Crippen LogP contribution in [0.25, 0.3) is 10.2 Å². The standard InChI is InChI=1S/C15H22N4S/c1-3-4-5-18-6-8-19(9-7-18)14-13-12(2)10-20-15(13)17-11-16-14/h10-11H,3-9H2,1-2H3. The molecule has 1 saturated heterocycles. The number of fused-ring (bicyclic) bond motifs is 1. The molecular formula is C15H22N4S. The molecular weight excluding hydrogens is 268 g/mol. The van der Waals surface area contributed by atoms with Crippen LogP contribution in [0.15, 0.2) is 11.7 Å². The van der Waals surface area contributed by atoms with Gasteiger partial charge in [0.2, 0.25) is 0 Å². The van der Waals surface area contributed by atoms with Gasteiger partial charge >= 0.3 is 0 Å². The highest BCUT2D eigenvalue weighted by Crippen LogP contribution is 2.31. The summed E-state index contributed by atoms with van der Waals surface area (Å²) in [6.07, 6.45) is 4.29. The zero-order valence-corrected chi connectivity index (χ0v) is 13.1. The van der Waals surface area contributed by atoms with Gasteiger partial charge in [-0.1, -0.05) is 13.3 Å². The van der Waals surface area contributed by atoms with E-state index in [1.807, 2.05) is 0 Å². The number of nitrogens with zero attached hydrogens (tertiary/aromatic N) is 4. The van der Waals surface area contributed by atoms with Crippen LogP contribution in [0.1, 0.15) is 25.3 Å². The lowest BCUT2D eigenvalue weighted by Gasteiger charge is -2.35. The third kappa shape index (κ3) is 2.65. The molecule has 4 nitrogen and oxygen atoms in total. The summed E-state index contributed by atoms with van der Waals surface area (Å²) in [6, 6.07) is 0. The first-order chi connectivity index (χ1) is 9.79. The minimum atomic E-state index is 1.07. The van der Waals surface area contributed by atoms with Gasteiger partial charge in [-0.25, -0.2) is 9.97 Å². The van der Waals surface area contributed by atoms with E-state index in [-0.39, 0.29) is 0 Å². The molecule has 0 amide bonds. The molecule has 20 heavy (non-hydrogen) atoms. The third-order valence-corrected chi connectivity index (χ3v) is 5.04. The summed E-state index contributed by atoms with van der Waals surface area (Å²) in [5.41, 5.74) is 1.30. The zero-order chi connectivity index (χ0) is 13.9. The zero-order valence-electron chi connectivity index (χ0n) is 12.3. The predicted molar refractivity (Wildman–Crippen MR) is 85.7 cm³/mol. The molecule has 0 radical (unpaired) electrons. The monoisotopic (exact) mass is 290 g/mol. The fourth-order valence-corrected chi connectivity index (χ4v) is 3.69. The van der Waals surface area contributed by atoms with Crippen molar-refractivity contribution in [2.75, 3.05) is 37.6 Å². The number of hydrogen-bond acceptors (Lipinski definition) is 5. The Balaban J connectivity index is 1.75. The first kappa shape index (κ1) is 13.8. The molecule has 0 saturated carbocycles. The van der Waals surface area contributed by atoms with Gasteiger partial charge in [-0.3, -0.25) is 4.90 Å².